The van der Waals surface area contributed by atoms with Gasteiger partial charge in [-0.3, -0.25) is 0 Å². The molecule has 1 N–H and O–H groups in total. The summed E-state index contributed by atoms with van der Waals surface area (Å²) in [5.74, 6) is 0. The Hall–Kier alpha value is -0.230. The zero-order valence-electron chi connectivity index (χ0n) is 9.92. The molecule has 0 saturated carbocycles. The van der Waals surface area contributed by atoms with Gasteiger partial charge in [0.1, 0.15) is 5.01 Å². The number of hydrogen-bond donors (Lipinski definition) is 1. The molecule has 2 aromatic rings. The molecule has 0 unspecified atom stereocenters. The number of thiophene rings is 1. The molecule has 0 fully saturated rings. The molecule has 17 heavy (non-hydrogen) atoms. The number of nitrogens with one attached hydrogen (secondary N) is 1. The normalized spacial score (nSPS) is 11.0. The van der Waals surface area contributed by atoms with Crippen molar-refractivity contribution in [1.29, 1.82) is 0 Å². The number of thiazole rings is 1. The van der Waals surface area contributed by atoms with Gasteiger partial charge in [0, 0.05) is 27.0 Å². The third-order valence-electron chi connectivity index (χ3n) is 2.35. The number of aryl methyl sites for hydroxylation is 1. The highest BCUT2D eigenvalue weighted by Crippen LogP contribution is 2.35. The number of nitrogens with zero attached hydrogens (tertiary/aromatic N) is 1. The van der Waals surface area contributed by atoms with E-state index in [1.807, 2.05) is 6.20 Å². The summed E-state index contributed by atoms with van der Waals surface area (Å²) in [6.07, 6.45) is 3.15. The third-order valence-corrected chi connectivity index (χ3v) is 5.65. The van der Waals surface area contributed by atoms with Crippen LogP contribution in [0.1, 0.15) is 23.1 Å². The van der Waals surface area contributed by atoms with Crippen LogP contribution in [0.25, 0.3) is 9.88 Å². The van der Waals surface area contributed by atoms with E-state index in [9.17, 15) is 0 Å². The fourth-order valence-corrected chi connectivity index (χ4v) is 3.93. The van der Waals surface area contributed by atoms with Crippen LogP contribution in [0, 0.1) is 6.92 Å². The van der Waals surface area contributed by atoms with Crippen molar-refractivity contribution in [2.75, 3.05) is 6.54 Å². The largest absolute Gasteiger partial charge is 0.312 e. The predicted molar refractivity (Wildman–Crippen MR) is 79.9 cm³/mol. The molecular weight excluding hydrogens is 316 g/mol. The molecule has 0 saturated heterocycles. The lowest BCUT2D eigenvalue weighted by atomic mass is 10.4. The van der Waals surface area contributed by atoms with Gasteiger partial charge in [-0.2, -0.15) is 0 Å². The van der Waals surface area contributed by atoms with Crippen molar-refractivity contribution in [1.82, 2.24) is 10.3 Å². The topological polar surface area (TPSA) is 24.9 Å². The van der Waals surface area contributed by atoms with Crippen LogP contribution in [0.3, 0.4) is 0 Å². The average molecular weight is 331 g/mol. The van der Waals surface area contributed by atoms with E-state index >= 15 is 0 Å². The van der Waals surface area contributed by atoms with Crippen LogP contribution >= 0.6 is 38.6 Å². The highest BCUT2D eigenvalue weighted by molar-refractivity contribution is 9.10. The predicted octanol–water partition coefficient (Wildman–Crippen LogP) is 4.44. The molecule has 2 heterocycles. The Labute approximate surface area is 118 Å². The van der Waals surface area contributed by atoms with Crippen LogP contribution in [-0.4, -0.2) is 11.5 Å². The van der Waals surface area contributed by atoms with Gasteiger partial charge in [-0.25, -0.2) is 4.98 Å². The van der Waals surface area contributed by atoms with E-state index < -0.39 is 0 Å². The summed E-state index contributed by atoms with van der Waals surface area (Å²) in [6.45, 7) is 6.29. The molecule has 0 radical (unpaired) electrons. The highest BCUT2D eigenvalue weighted by Gasteiger charge is 2.09. The average Bonchev–Trinajstić information content (AvgIpc) is 2.88. The van der Waals surface area contributed by atoms with E-state index in [-0.39, 0.29) is 0 Å². The summed E-state index contributed by atoms with van der Waals surface area (Å²) in [5.41, 5.74) is 0. The first-order valence-corrected chi connectivity index (χ1v) is 8.05. The molecule has 0 aliphatic heterocycles. The van der Waals surface area contributed by atoms with Crippen LogP contribution in [0.15, 0.2) is 16.7 Å². The second kappa shape index (κ2) is 6.09. The van der Waals surface area contributed by atoms with E-state index in [0.29, 0.717) is 0 Å². The Balaban J connectivity index is 2.07. The van der Waals surface area contributed by atoms with E-state index in [1.165, 1.54) is 25.5 Å². The van der Waals surface area contributed by atoms with Gasteiger partial charge in [0.2, 0.25) is 0 Å². The maximum atomic E-state index is 4.49. The number of aromatic nitrogens is 1. The van der Waals surface area contributed by atoms with Gasteiger partial charge >= 0.3 is 0 Å². The fourth-order valence-electron chi connectivity index (χ4n) is 1.46. The van der Waals surface area contributed by atoms with E-state index in [1.54, 1.807) is 22.7 Å². The molecule has 2 aromatic heterocycles. The van der Waals surface area contributed by atoms with E-state index in [0.717, 1.165) is 18.1 Å². The Morgan fingerprint density at radius 2 is 2.24 bits per heavy atom. The first-order chi connectivity index (χ1) is 8.20. The second-order valence-electron chi connectivity index (χ2n) is 3.82. The Morgan fingerprint density at radius 1 is 1.41 bits per heavy atom. The van der Waals surface area contributed by atoms with Crippen molar-refractivity contribution in [2.24, 2.45) is 0 Å². The third kappa shape index (κ3) is 3.37. The Kier molecular flexibility index (Phi) is 4.73. The van der Waals surface area contributed by atoms with Crippen molar-refractivity contribution < 1.29 is 0 Å². The first kappa shape index (κ1) is 13.2. The maximum Gasteiger partial charge on any atom is 0.133 e. The molecule has 0 aliphatic carbocycles. The standard InChI is InChI=1S/C12H15BrN2S2/c1-3-4-14-6-9-7-15-12(17-9)11-5-10(13)8(2)16-11/h5,7,14H,3-4,6H2,1-2H3. The van der Waals surface area contributed by atoms with Crippen LogP contribution in [0.4, 0.5) is 0 Å². The lowest BCUT2D eigenvalue weighted by molar-refractivity contribution is 0.681. The lowest BCUT2D eigenvalue weighted by Crippen LogP contribution is -2.12. The quantitative estimate of drug-likeness (QED) is 0.819. The molecule has 92 valence electrons. The van der Waals surface area contributed by atoms with Crippen molar-refractivity contribution in [3.63, 3.8) is 0 Å². The van der Waals surface area contributed by atoms with Crippen LogP contribution in [0.2, 0.25) is 0 Å². The van der Waals surface area contributed by atoms with Gasteiger partial charge in [-0.15, -0.1) is 22.7 Å². The summed E-state index contributed by atoms with van der Waals surface area (Å²) in [4.78, 5) is 8.35. The zero-order chi connectivity index (χ0) is 12.3. The van der Waals surface area contributed by atoms with Crippen molar-refractivity contribution in [3.8, 4) is 9.88 Å². The van der Waals surface area contributed by atoms with Crippen LogP contribution in [0.5, 0.6) is 0 Å². The van der Waals surface area contributed by atoms with Crippen molar-refractivity contribution >= 4 is 38.6 Å². The number of halogens is 1. The van der Waals surface area contributed by atoms with E-state index in [4.69, 9.17) is 0 Å². The summed E-state index contributed by atoms with van der Waals surface area (Å²) in [6, 6.07) is 2.15. The SMILES string of the molecule is CCCNCc1cnc(-c2cc(Br)c(C)s2)s1. The summed E-state index contributed by atoms with van der Waals surface area (Å²) in [5, 5.41) is 4.52. The smallest absolute Gasteiger partial charge is 0.133 e. The molecule has 2 rings (SSSR count). The lowest BCUT2D eigenvalue weighted by Gasteiger charge is -1.97. The minimum atomic E-state index is 0.928. The zero-order valence-corrected chi connectivity index (χ0v) is 13.1. The highest BCUT2D eigenvalue weighted by atomic mass is 79.9. The molecule has 0 spiro atoms. The minimum absolute atomic E-state index is 0.928. The second-order valence-corrected chi connectivity index (χ2v) is 7.05. The van der Waals surface area contributed by atoms with Crippen molar-refractivity contribution in [3.05, 3.63) is 26.5 Å². The van der Waals surface area contributed by atoms with Gasteiger partial charge in [0.05, 0.1) is 4.88 Å². The van der Waals surface area contributed by atoms with Gasteiger partial charge in [0.15, 0.2) is 0 Å². The molecule has 5 heteroatoms. The Morgan fingerprint density at radius 3 is 2.88 bits per heavy atom. The number of hydrogen-bond acceptors (Lipinski definition) is 4. The van der Waals surface area contributed by atoms with Crippen LogP contribution in [-0.2, 0) is 6.54 Å². The van der Waals surface area contributed by atoms with Gasteiger partial charge in [-0.05, 0) is 41.9 Å². The minimum Gasteiger partial charge on any atom is -0.312 e. The molecule has 0 aliphatic rings. The van der Waals surface area contributed by atoms with Crippen LogP contribution < -0.4 is 5.32 Å². The van der Waals surface area contributed by atoms with Gasteiger partial charge in [0.25, 0.3) is 0 Å². The number of rotatable bonds is 5. The molecule has 0 atom stereocenters. The molecule has 0 bridgehead atoms. The van der Waals surface area contributed by atoms with Crippen molar-refractivity contribution in [2.45, 2.75) is 26.8 Å². The monoisotopic (exact) mass is 330 g/mol. The summed E-state index contributed by atoms with van der Waals surface area (Å²) in [7, 11) is 0. The molecule has 0 amide bonds. The molecule has 0 aromatic carbocycles. The molecular formula is C12H15BrN2S2. The van der Waals surface area contributed by atoms with Gasteiger partial charge < -0.3 is 5.32 Å². The first-order valence-electron chi connectivity index (χ1n) is 5.62. The summed E-state index contributed by atoms with van der Waals surface area (Å²) < 4.78 is 1.18. The fraction of sp³-hybridized carbons (Fsp3) is 0.417. The summed E-state index contributed by atoms with van der Waals surface area (Å²) >= 11 is 7.11. The molecule has 2 nitrogen and oxygen atoms in total. The van der Waals surface area contributed by atoms with E-state index in [2.05, 4.69) is 46.1 Å². The maximum absolute atomic E-state index is 4.49. The van der Waals surface area contributed by atoms with Gasteiger partial charge in [-0.1, -0.05) is 6.92 Å². The Bertz CT molecular complexity index is 471.